The van der Waals surface area contributed by atoms with Gasteiger partial charge < -0.3 is 10.4 Å². The van der Waals surface area contributed by atoms with E-state index in [4.69, 9.17) is 5.11 Å². The summed E-state index contributed by atoms with van der Waals surface area (Å²) in [4.78, 5) is 22.5. The van der Waals surface area contributed by atoms with Crippen molar-refractivity contribution in [2.75, 3.05) is 6.54 Å². The SMILES string of the molecule is O=C(O)c1ccc(CCNC(=O)c2ccc(F)cc2F)cc1. The predicted octanol–water partition coefficient (Wildman–Crippen LogP) is 2.64. The first kappa shape index (κ1) is 15.6. The van der Waals surface area contributed by atoms with E-state index in [-0.39, 0.29) is 17.7 Å². The summed E-state index contributed by atoms with van der Waals surface area (Å²) in [6, 6.07) is 8.99. The molecule has 2 aromatic rings. The lowest BCUT2D eigenvalue weighted by molar-refractivity contribution is 0.0696. The molecule has 4 nitrogen and oxygen atoms in total. The molecule has 2 N–H and O–H groups in total. The second-order valence-electron chi connectivity index (χ2n) is 4.63. The van der Waals surface area contributed by atoms with Gasteiger partial charge >= 0.3 is 5.97 Å². The fraction of sp³-hybridized carbons (Fsp3) is 0.125. The van der Waals surface area contributed by atoms with E-state index in [9.17, 15) is 18.4 Å². The monoisotopic (exact) mass is 305 g/mol. The zero-order valence-corrected chi connectivity index (χ0v) is 11.5. The molecule has 0 saturated carbocycles. The third kappa shape index (κ3) is 3.88. The predicted molar refractivity (Wildman–Crippen MR) is 75.8 cm³/mol. The first-order valence-electron chi connectivity index (χ1n) is 6.53. The van der Waals surface area contributed by atoms with E-state index in [1.165, 1.54) is 12.1 Å². The molecule has 0 spiro atoms. The lowest BCUT2D eigenvalue weighted by Crippen LogP contribution is -2.26. The minimum absolute atomic E-state index is 0.182. The number of benzene rings is 2. The van der Waals surface area contributed by atoms with Crippen molar-refractivity contribution in [3.8, 4) is 0 Å². The molecule has 0 unspecified atom stereocenters. The first-order chi connectivity index (χ1) is 10.5. The topological polar surface area (TPSA) is 66.4 Å². The Labute approximate surface area is 125 Å². The van der Waals surface area contributed by atoms with Crippen LogP contribution in [0, 0.1) is 11.6 Å². The molecule has 0 aliphatic carbocycles. The summed E-state index contributed by atoms with van der Waals surface area (Å²) in [6.45, 7) is 0.252. The number of halogens is 2. The molecule has 0 bridgehead atoms. The van der Waals surface area contributed by atoms with E-state index < -0.39 is 23.5 Å². The van der Waals surface area contributed by atoms with Gasteiger partial charge in [0.1, 0.15) is 11.6 Å². The summed E-state index contributed by atoms with van der Waals surface area (Å²) in [5.41, 5.74) is 0.800. The Bertz CT molecular complexity index is 699. The molecule has 2 rings (SSSR count). The molecule has 0 saturated heterocycles. The van der Waals surface area contributed by atoms with Crippen LogP contribution < -0.4 is 5.32 Å². The van der Waals surface area contributed by atoms with Gasteiger partial charge in [-0.3, -0.25) is 4.79 Å². The zero-order chi connectivity index (χ0) is 16.1. The Hall–Kier alpha value is -2.76. The van der Waals surface area contributed by atoms with Gasteiger partial charge in [0.25, 0.3) is 5.91 Å². The van der Waals surface area contributed by atoms with Crippen LogP contribution >= 0.6 is 0 Å². The largest absolute Gasteiger partial charge is 0.478 e. The maximum absolute atomic E-state index is 13.4. The maximum Gasteiger partial charge on any atom is 0.335 e. The minimum atomic E-state index is -1.01. The van der Waals surface area contributed by atoms with Crippen LogP contribution in [0.15, 0.2) is 42.5 Å². The summed E-state index contributed by atoms with van der Waals surface area (Å²) in [6.07, 6.45) is 0.467. The number of hydrogen-bond acceptors (Lipinski definition) is 2. The van der Waals surface area contributed by atoms with E-state index in [1.807, 2.05) is 0 Å². The quantitative estimate of drug-likeness (QED) is 0.892. The molecule has 22 heavy (non-hydrogen) atoms. The Balaban J connectivity index is 1.90. The van der Waals surface area contributed by atoms with Crippen LogP contribution in [0.1, 0.15) is 26.3 Å². The molecule has 0 atom stereocenters. The van der Waals surface area contributed by atoms with E-state index in [1.54, 1.807) is 12.1 Å². The molecule has 6 heteroatoms. The first-order valence-corrected chi connectivity index (χ1v) is 6.53. The molecule has 0 heterocycles. The highest BCUT2D eigenvalue weighted by Crippen LogP contribution is 2.09. The molecule has 0 radical (unpaired) electrons. The number of carboxylic acids is 1. The second-order valence-corrected chi connectivity index (χ2v) is 4.63. The lowest BCUT2D eigenvalue weighted by Gasteiger charge is -2.06. The van der Waals surface area contributed by atoms with Crippen LogP contribution in [0.3, 0.4) is 0 Å². The normalized spacial score (nSPS) is 10.3. The molecular weight excluding hydrogens is 292 g/mol. The van der Waals surface area contributed by atoms with Crippen molar-refractivity contribution in [1.82, 2.24) is 5.32 Å². The highest BCUT2D eigenvalue weighted by Gasteiger charge is 2.11. The highest BCUT2D eigenvalue weighted by molar-refractivity contribution is 5.94. The van der Waals surface area contributed by atoms with E-state index in [0.29, 0.717) is 12.5 Å². The summed E-state index contributed by atoms with van der Waals surface area (Å²) < 4.78 is 26.2. The number of carbonyl (C=O) groups excluding carboxylic acids is 1. The van der Waals surface area contributed by atoms with Crippen LogP contribution in [-0.2, 0) is 6.42 Å². The molecule has 114 valence electrons. The molecular formula is C16H13F2NO3. The molecule has 0 aliphatic rings. The molecule has 0 fully saturated rings. The van der Waals surface area contributed by atoms with Crippen LogP contribution in [-0.4, -0.2) is 23.5 Å². The Morgan fingerprint density at radius 3 is 2.32 bits per heavy atom. The third-order valence-electron chi connectivity index (χ3n) is 3.08. The highest BCUT2D eigenvalue weighted by atomic mass is 19.1. The van der Waals surface area contributed by atoms with Gasteiger partial charge in [-0.2, -0.15) is 0 Å². The number of aromatic carboxylic acids is 1. The van der Waals surface area contributed by atoms with Gasteiger partial charge in [-0.1, -0.05) is 12.1 Å². The number of carbonyl (C=O) groups is 2. The Morgan fingerprint density at radius 2 is 1.73 bits per heavy atom. The summed E-state index contributed by atoms with van der Waals surface area (Å²) >= 11 is 0. The van der Waals surface area contributed by atoms with Crippen LogP contribution in [0.25, 0.3) is 0 Å². The number of nitrogens with one attached hydrogen (secondary N) is 1. The van der Waals surface area contributed by atoms with Gasteiger partial charge in [0.05, 0.1) is 11.1 Å². The summed E-state index contributed by atoms with van der Waals surface area (Å²) in [5, 5.41) is 11.3. The number of rotatable bonds is 5. The van der Waals surface area contributed by atoms with Crippen molar-refractivity contribution in [3.63, 3.8) is 0 Å². The van der Waals surface area contributed by atoms with Crippen LogP contribution in [0.5, 0.6) is 0 Å². The molecule has 1 amide bonds. The van der Waals surface area contributed by atoms with Crippen molar-refractivity contribution < 1.29 is 23.5 Å². The number of carboxylic acid groups (broad SMARTS) is 1. The van der Waals surface area contributed by atoms with Crippen molar-refractivity contribution in [2.45, 2.75) is 6.42 Å². The standard InChI is InChI=1S/C16H13F2NO3/c17-12-5-6-13(14(18)9-12)15(20)19-8-7-10-1-3-11(4-2-10)16(21)22/h1-6,9H,7-8H2,(H,19,20)(H,21,22). The lowest BCUT2D eigenvalue weighted by atomic mass is 10.1. The van der Waals surface area contributed by atoms with Crippen molar-refractivity contribution in [3.05, 3.63) is 70.8 Å². The molecule has 2 aromatic carbocycles. The van der Waals surface area contributed by atoms with Crippen molar-refractivity contribution >= 4 is 11.9 Å². The smallest absolute Gasteiger partial charge is 0.335 e. The Morgan fingerprint density at radius 1 is 1.05 bits per heavy atom. The van der Waals surface area contributed by atoms with Crippen molar-refractivity contribution in [2.24, 2.45) is 0 Å². The van der Waals surface area contributed by atoms with Crippen molar-refractivity contribution in [1.29, 1.82) is 0 Å². The van der Waals surface area contributed by atoms with Gasteiger partial charge in [-0.05, 0) is 36.2 Å². The summed E-state index contributed by atoms with van der Waals surface area (Å²) in [7, 11) is 0. The van der Waals surface area contributed by atoms with Gasteiger partial charge in [-0.15, -0.1) is 0 Å². The van der Waals surface area contributed by atoms with Gasteiger partial charge in [0.2, 0.25) is 0 Å². The number of amides is 1. The fourth-order valence-electron chi connectivity index (χ4n) is 1.90. The van der Waals surface area contributed by atoms with Gasteiger partial charge in [0.15, 0.2) is 0 Å². The fourth-order valence-corrected chi connectivity index (χ4v) is 1.90. The van der Waals surface area contributed by atoms with Gasteiger partial charge in [0, 0.05) is 12.6 Å². The van der Waals surface area contributed by atoms with E-state index in [0.717, 1.165) is 17.7 Å². The van der Waals surface area contributed by atoms with Gasteiger partial charge in [-0.25, -0.2) is 13.6 Å². The minimum Gasteiger partial charge on any atom is -0.478 e. The van der Waals surface area contributed by atoms with Crippen LogP contribution in [0.4, 0.5) is 8.78 Å². The third-order valence-corrected chi connectivity index (χ3v) is 3.08. The van der Waals surface area contributed by atoms with Crippen LogP contribution in [0.2, 0.25) is 0 Å². The average molecular weight is 305 g/mol. The number of hydrogen-bond donors (Lipinski definition) is 2. The maximum atomic E-state index is 13.4. The molecule has 0 aromatic heterocycles. The second kappa shape index (κ2) is 6.80. The zero-order valence-electron chi connectivity index (χ0n) is 11.5. The Kier molecular flexibility index (Phi) is 4.83. The van der Waals surface area contributed by atoms with E-state index >= 15 is 0 Å². The average Bonchev–Trinajstić information content (AvgIpc) is 2.47. The van der Waals surface area contributed by atoms with E-state index in [2.05, 4.69) is 5.32 Å². The summed E-state index contributed by atoms with van der Waals surface area (Å²) in [5.74, 6) is -3.29. The molecule has 0 aliphatic heterocycles.